The van der Waals surface area contributed by atoms with Gasteiger partial charge in [0, 0.05) is 0 Å². The first-order valence-electron chi connectivity index (χ1n) is 10.1. The average molecular weight is 406 g/mol. The Labute approximate surface area is 176 Å². The Hall–Kier alpha value is -3.34. The van der Waals surface area contributed by atoms with Crippen molar-refractivity contribution in [1.82, 2.24) is 0 Å². The normalized spacial score (nSPS) is 15.6. The van der Waals surface area contributed by atoms with Gasteiger partial charge in [-0.25, -0.2) is 0 Å². The van der Waals surface area contributed by atoms with E-state index in [-0.39, 0.29) is 29.2 Å². The van der Waals surface area contributed by atoms with E-state index in [1.807, 2.05) is 0 Å². The van der Waals surface area contributed by atoms with Gasteiger partial charge < -0.3 is 14.9 Å². The number of allylic oxidation sites excluding steroid dienone is 2. The number of ketones is 2. The van der Waals surface area contributed by atoms with Crippen LogP contribution >= 0.6 is 0 Å². The van der Waals surface area contributed by atoms with Crippen molar-refractivity contribution in [2.75, 3.05) is 0 Å². The summed E-state index contributed by atoms with van der Waals surface area (Å²) in [5, 5.41) is 19.3. The van der Waals surface area contributed by atoms with Gasteiger partial charge in [-0.3, -0.25) is 9.59 Å². The maximum atomic E-state index is 12.4. The van der Waals surface area contributed by atoms with Gasteiger partial charge in [0.05, 0.1) is 12.0 Å². The lowest BCUT2D eigenvalue weighted by molar-refractivity contribution is -0.126. The van der Waals surface area contributed by atoms with E-state index in [4.69, 9.17) is 4.74 Å². The highest BCUT2D eigenvalue weighted by atomic mass is 16.5. The Balaban J connectivity index is 1.61. The summed E-state index contributed by atoms with van der Waals surface area (Å²) in [4.78, 5) is 24.7. The van der Waals surface area contributed by atoms with Gasteiger partial charge in [0.2, 0.25) is 0 Å². The molecule has 0 bridgehead atoms. The fraction of sp³-hybridized carbons (Fsp3) is 0.280. The predicted octanol–water partition coefficient (Wildman–Crippen LogP) is 4.92. The highest BCUT2D eigenvalue weighted by Gasteiger charge is 2.19. The average Bonchev–Trinajstić information content (AvgIpc) is 3.26. The molecular formula is C25H26O5. The Morgan fingerprint density at radius 2 is 1.50 bits per heavy atom. The van der Waals surface area contributed by atoms with Gasteiger partial charge in [-0.05, 0) is 80.2 Å². The van der Waals surface area contributed by atoms with E-state index in [9.17, 15) is 19.8 Å². The van der Waals surface area contributed by atoms with E-state index >= 15 is 0 Å². The van der Waals surface area contributed by atoms with Gasteiger partial charge in [-0.15, -0.1) is 0 Å². The number of carbonyl (C=O) groups excluding carboxylic acids is 2. The third kappa shape index (κ3) is 5.83. The minimum absolute atomic E-state index is 0.0771. The zero-order chi connectivity index (χ0) is 21.5. The van der Waals surface area contributed by atoms with Crippen LogP contribution in [0.5, 0.6) is 17.2 Å². The van der Waals surface area contributed by atoms with Crippen molar-refractivity contribution in [1.29, 1.82) is 0 Å². The predicted molar refractivity (Wildman–Crippen MR) is 116 cm³/mol. The quantitative estimate of drug-likeness (QED) is 0.480. The van der Waals surface area contributed by atoms with E-state index in [0.29, 0.717) is 11.3 Å². The molecule has 0 spiro atoms. The molecule has 0 radical (unpaired) electrons. The molecule has 5 nitrogen and oxygen atoms in total. The van der Waals surface area contributed by atoms with Crippen LogP contribution in [-0.2, 0) is 9.59 Å². The summed E-state index contributed by atoms with van der Waals surface area (Å²) in [6, 6.07) is 11.4. The molecule has 30 heavy (non-hydrogen) atoms. The van der Waals surface area contributed by atoms with Crippen LogP contribution in [0, 0.1) is 5.92 Å². The molecular weight excluding hydrogens is 380 g/mol. The molecule has 156 valence electrons. The first-order valence-corrected chi connectivity index (χ1v) is 10.1. The van der Waals surface area contributed by atoms with Crippen LogP contribution in [0.1, 0.15) is 43.7 Å². The van der Waals surface area contributed by atoms with Crippen LogP contribution in [0.4, 0.5) is 0 Å². The van der Waals surface area contributed by atoms with E-state index < -0.39 is 5.92 Å². The van der Waals surface area contributed by atoms with Gasteiger partial charge in [0.25, 0.3) is 0 Å². The van der Waals surface area contributed by atoms with Crippen LogP contribution in [0.2, 0.25) is 0 Å². The lowest BCUT2D eigenvalue weighted by atomic mass is 9.99. The van der Waals surface area contributed by atoms with Crippen molar-refractivity contribution in [3.8, 4) is 17.2 Å². The van der Waals surface area contributed by atoms with E-state index in [0.717, 1.165) is 31.2 Å². The topological polar surface area (TPSA) is 83.8 Å². The maximum Gasteiger partial charge on any atom is 0.166 e. The zero-order valence-corrected chi connectivity index (χ0v) is 17.0. The molecule has 2 N–H and O–H groups in total. The zero-order valence-electron chi connectivity index (χ0n) is 17.0. The van der Waals surface area contributed by atoms with Gasteiger partial charge in [-0.2, -0.15) is 0 Å². The van der Waals surface area contributed by atoms with Crippen molar-refractivity contribution in [3.05, 3.63) is 65.7 Å². The van der Waals surface area contributed by atoms with Crippen LogP contribution in [0.25, 0.3) is 12.2 Å². The number of hydrogen-bond donors (Lipinski definition) is 2. The number of rotatable bonds is 8. The van der Waals surface area contributed by atoms with Gasteiger partial charge >= 0.3 is 0 Å². The summed E-state index contributed by atoms with van der Waals surface area (Å²) in [7, 11) is 0. The Morgan fingerprint density at radius 3 is 2.13 bits per heavy atom. The smallest absolute Gasteiger partial charge is 0.166 e. The minimum atomic E-state index is -0.805. The second kappa shape index (κ2) is 9.92. The highest BCUT2D eigenvalue weighted by Crippen LogP contribution is 2.32. The summed E-state index contributed by atoms with van der Waals surface area (Å²) in [5.41, 5.74) is 1.48. The summed E-state index contributed by atoms with van der Waals surface area (Å²) < 4.78 is 5.87. The first-order chi connectivity index (χ1) is 14.4. The molecule has 1 saturated carbocycles. The number of aromatic hydroxyl groups is 2. The van der Waals surface area contributed by atoms with Crippen molar-refractivity contribution in [2.24, 2.45) is 5.92 Å². The number of phenols is 2. The molecule has 1 unspecified atom stereocenters. The fourth-order valence-electron chi connectivity index (χ4n) is 3.29. The highest BCUT2D eigenvalue weighted by molar-refractivity contribution is 6.13. The van der Waals surface area contributed by atoms with Crippen LogP contribution in [0.15, 0.2) is 54.6 Å². The Bertz CT molecular complexity index is 950. The molecule has 2 aromatic carbocycles. The number of hydrogen-bond acceptors (Lipinski definition) is 5. The van der Waals surface area contributed by atoms with Crippen molar-refractivity contribution in [3.63, 3.8) is 0 Å². The molecule has 0 aromatic heterocycles. The first kappa shape index (κ1) is 21.4. The lowest BCUT2D eigenvalue weighted by Crippen LogP contribution is -2.17. The molecule has 0 heterocycles. The van der Waals surface area contributed by atoms with Gasteiger partial charge in [-0.1, -0.05) is 30.4 Å². The summed E-state index contributed by atoms with van der Waals surface area (Å²) in [6.45, 7) is 1.57. The summed E-state index contributed by atoms with van der Waals surface area (Å²) >= 11 is 0. The standard InChI is InChI=1S/C25H26O5/c1-17(22(27)13-8-18-6-11-20(26)12-7-18)23(28)14-9-19-10-15-24(29)25(16-19)30-21-4-2-3-5-21/h6-17,21,26,29H,2-5H2,1H3/b13-8+,14-9+. The third-order valence-corrected chi connectivity index (χ3v) is 5.21. The number of carbonyl (C=O) groups is 2. The second-order valence-corrected chi connectivity index (χ2v) is 7.54. The van der Waals surface area contributed by atoms with E-state index in [1.165, 1.54) is 24.3 Å². The Morgan fingerprint density at radius 1 is 0.933 bits per heavy atom. The van der Waals surface area contributed by atoms with E-state index in [2.05, 4.69) is 0 Å². The number of phenolic OH excluding ortho intramolecular Hbond substituents is 2. The Kier molecular flexibility index (Phi) is 7.07. The molecule has 5 heteroatoms. The van der Waals surface area contributed by atoms with Gasteiger partial charge in [0.1, 0.15) is 5.75 Å². The molecule has 3 rings (SSSR count). The molecule has 1 atom stereocenters. The van der Waals surface area contributed by atoms with Crippen molar-refractivity contribution in [2.45, 2.75) is 38.7 Å². The molecule has 0 aliphatic heterocycles. The van der Waals surface area contributed by atoms with E-state index in [1.54, 1.807) is 49.4 Å². The molecule has 1 fully saturated rings. The number of ether oxygens (including phenoxy) is 1. The third-order valence-electron chi connectivity index (χ3n) is 5.21. The lowest BCUT2D eigenvalue weighted by Gasteiger charge is -2.14. The molecule has 1 aliphatic carbocycles. The fourth-order valence-corrected chi connectivity index (χ4v) is 3.29. The molecule has 0 amide bonds. The van der Waals surface area contributed by atoms with Gasteiger partial charge in [0.15, 0.2) is 23.1 Å². The molecule has 2 aromatic rings. The summed E-state index contributed by atoms with van der Waals surface area (Å²) in [6.07, 6.45) is 10.3. The van der Waals surface area contributed by atoms with Crippen LogP contribution in [0.3, 0.4) is 0 Å². The summed E-state index contributed by atoms with van der Waals surface area (Å²) in [5.74, 6) is -0.764. The minimum Gasteiger partial charge on any atom is -0.508 e. The van der Waals surface area contributed by atoms with Crippen molar-refractivity contribution < 1.29 is 24.5 Å². The largest absolute Gasteiger partial charge is 0.508 e. The molecule has 1 aliphatic rings. The second-order valence-electron chi connectivity index (χ2n) is 7.54. The van der Waals surface area contributed by atoms with Crippen LogP contribution in [-0.4, -0.2) is 27.9 Å². The monoisotopic (exact) mass is 406 g/mol. The molecule has 0 saturated heterocycles. The van der Waals surface area contributed by atoms with Crippen LogP contribution < -0.4 is 4.74 Å². The number of benzene rings is 2. The SMILES string of the molecule is CC(C(=O)/C=C/c1ccc(O)cc1)C(=O)/C=C/c1ccc(O)c(OC2CCCC2)c1. The maximum absolute atomic E-state index is 12.4. The van der Waals surface area contributed by atoms with Crippen molar-refractivity contribution >= 4 is 23.7 Å².